The fraction of sp³-hybridized carbons (Fsp3) is 0.900. The molecule has 0 aromatic heterocycles. The van der Waals surface area contributed by atoms with Gasteiger partial charge < -0.3 is 19.3 Å². The molecule has 0 heterocycles. The number of phosphoric acid groups is 1. The van der Waals surface area contributed by atoms with Gasteiger partial charge in [-0.2, -0.15) is 0 Å². The van der Waals surface area contributed by atoms with Crippen LogP contribution in [0.5, 0.6) is 0 Å². The van der Waals surface area contributed by atoms with Crippen LogP contribution in [0.3, 0.4) is 0 Å². The summed E-state index contributed by atoms with van der Waals surface area (Å²) in [5, 5.41) is 0. The van der Waals surface area contributed by atoms with E-state index in [0.29, 0.717) is 6.42 Å². The lowest BCUT2D eigenvalue weighted by atomic mass is 10.1. The maximum Gasteiger partial charge on any atom is 0.469 e. The molecule has 8 nitrogen and oxygen atoms in total. The van der Waals surface area contributed by atoms with Gasteiger partial charge in [0.2, 0.25) is 0 Å². The summed E-state index contributed by atoms with van der Waals surface area (Å²) < 4.78 is 25.3. The number of unbranched alkanes of at least 4 members (excludes halogenated alkanes) is 9. The Morgan fingerprint density at radius 2 is 1.31 bits per heavy atom. The zero-order valence-electron chi connectivity index (χ0n) is 18.0. The molecule has 0 saturated heterocycles. The SMILES string of the molecule is CCCCCCCCCCCCC(=O)OC[C@H](COP(=O)(O)O)OC(=O)CCC. The maximum atomic E-state index is 11.8. The van der Waals surface area contributed by atoms with Crippen molar-refractivity contribution in [3.8, 4) is 0 Å². The minimum atomic E-state index is -4.70. The lowest BCUT2D eigenvalue weighted by molar-refractivity contribution is -0.161. The topological polar surface area (TPSA) is 119 Å². The summed E-state index contributed by atoms with van der Waals surface area (Å²) in [7, 11) is -4.70. The van der Waals surface area contributed by atoms with Crippen LogP contribution in [0.4, 0.5) is 0 Å². The van der Waals surface area contributed by atoms with Gasteiger partial charge in [-0.1, -0.05) is 71.6 Å². The molecule has 0 radical (unpaired) electrons. The molecule has 0 amide bonds. The van der Waals surface area contributed by atoms with Gasteiger partial charge in [-0.05, 0) is 12.8 Å². The van der Waals surface area contributed by atoms with Crippen LogP contribution in [0, 0.1) is 0 Å². The van der Waals surface area contributed by atoms with E-state index in [-0.39, 0.29) is 19.4 Å². The second-order valence-corrected chi connectivity index (χ2v) is 8.50. The van der Waals surface area contributed by atoms with E-state index in [1.54, 1.807) is 6.92 Å². The Balaban J connectivity index is 3.93. The van der Waals surface area contributed by atoms with E-state index in [4.69, 9.17) is 19.3 Å². The van der Waals surface area contributed by atoms with Crippen LogP contribution in [-0.2, 0) is 28.2 Å². The van der Waals surface area contributed by atoms with Gasteiger partial charge in [0, 0.05) is 12.8 Å². The molecular formula is C20H39O8P. The second kappa shape index (κ2) is 17.9. The Morgan fingerprint density at radius 1 is 0.759 bits per heavy atom. The number of phosphoric ester groups is 1. The van der Waals surface area contributed by atoms with Crippen LogP contribution in [0.15, 0.2) is 0 Å². The van der Waals surface area contributed by atoms with Gasteiger partial charge in [0.15, 0.2) is 6.10 Å². The Bertz CT molecular complexity index is 477. The lowest BCUT2D eigenvalue weighted by Crippen LogP contribution is -2.29. The van der Waals surface area contributed by atoms with E-state index < -0.39 is 32.5 Å². The Labute approximate surface area is 174 Å². The molecule has 0 aliphatic carbocycles. The molecule has 0 aromatic rings. The molecule has 29 heavy (non-hydrogen) atoms. The van der Waals surface area contributed by atoms with E-state index in [1.165, 1.54) is 44.9 Å². The Morgan fingerprint density at radius 3 is 1.83 bits per heavy atom. The van der Waals surface area contributed by atoms with E-state index in [2.05, 4.69) is 11.4 Å². The number of esters is 2. The van der Waals surface area contributed by atoms with Crippen LogP contribution in [0.1, 0.15) is 97.3 Å². The molecule has 0 aliphatic heterocycles. The van der Waals surface area contributed by atoms with Gasteiger partial charge in [-0.25, -0.2) is 4.57 Å². The average molecular weight is 438 g/mol. The van der Waals surface area contributed by atoms with E-state index in [0.717, 1.165) is 19.3 Å². The predicted octanol–water partition coefficient (Wildman–Crippen LogP) is 4.66. The summed E-state index contributed by atoms with van der Waals surface area (Å²) in [6, 6.07) is 0. The van der Waals surface area contributed by atoms with Gasteiger partial charge in [0.05, 0.1) is 6.61 Å². The highest BCUT2D eigenvalue weighted by molar-refractivity contribution is 7.46. The smallest absolute Gasteiger partial charge is 0.462 e. The van der Waals surface area contributed by atoms with Gasteiger partial charge in [-0.15, -0.1) is 0 Å². The number of ether oxygens (including phenoxy) is 2. The fourth-order valence-corrected chi connectivity index (χ4v) is 3.12. The number of hydrogen-bond acceptors (Lipinski definition) is 6. The zero-order chi connectivity index (χ0) is 22.0. The standard InChI is InChI=1S/C20H39O8P/c1-3-5-6-7-8-9-10-11-12-13-15-19(21)26-16-18(17-27-29(23,24)25)28-20(22)14-4-2/h18H,3-17H2,1-2H3,(H2,23,24,25)/t18-/m1/s1. The van der Waals surface area contributed by atoms with Crippen LogP contribution >= 0.6 is 7.82 Å². The minimum Gasteiger partial charge on any atom is -0.462 e. The molecule has 1 atom stereocenters. The summed E-state index contributed by atoms with van der Waals surface area (Å²) in [5.74, 6) is -0.949. The highest BCUT2D eigenvalue weighted by atomic mass is 31.2. The second-order valence-electron chi connectivity index (χ2n) is 7.26. The highest BCUT2D eigenvalue weighted by Gasteiger charge is 2.22. The van der Waals surface area contributed by atoms with Crippen molar-refractivity contribution < 1.29 is 37.9 Å². The van der Waals surface area contributed by atoms with E-state index in [9.17, 15) is 14.2 Å². The van der Waals surface area contributed by atoms with E-state index >= 15 is 0 Å². The third kappa shape index (κ3) is 20.1. The van der Waals surface area contributed by atoms with Gasteiger partial charge >= 0.3 is 19.8 Å². The summed E-state index contributed by atoms with van der Waals surface area (Å²) >= 11 is 0. The van der Waals surface area contributed by atoms with Crippen molar-refractivity contribution in [3.05, 3.63) is 0 Å². The molecule has 0 fully saturated rings. The Kier molecular flexibility index (Phi) is 17.3. The normalized spacial score (nSPS) is 12.6. The minimum absolute atomic E-state index is 0.166. The quantitative estimate of drug-likeness (QED) is 0.170. The molecule has 0 unspecified atom stereocenters. The van der Waals surface area contributed by atoms with Crippen LogP contribution in [-0.4, -0.2) is 41.0 Å². The van der Waals surface area contributed by atoms with Crippen molar-refractivity contribution in [1.82, 2.24) is 0 Å². The number of hydrogen-bond donors (Lipinski definition) is 2. The molecule has 0 rings (SSSR count). The summed E-state index contributed by atoms with van der Waals surface area (Å²) in [6.45, 7) is 3.19. The first-order chi connectivity index (χ1) is 13.8. The van der Waals surface area contributed by atoms with Crippen LogP contribution in [0.25, 0.3) is 0 Å². The molecule has 9 heteroatoms. The summed E-state index contributed by atoms with van der Waals surface area (Å²) in [4.78, 5) is 41.0. The van der Waals surface area contributed by atoms with E-state index in [1.807, 2.05) is 0 Å². The van der Waals surface area contributed by atoms with Crippen molar-refractivity contribution >= 4 is 19.8 Å². The first-order valence-corrected chi connectivity index (χ1v) is 12.4. The highest BCUT2D eigenvalue weighted by Crippen LogP contribution is 2.35. The van der Waals surface area contributed by atoms with Crippen molar-refractivity contribution in [2.75, 3.05) is 13.2 Å². The first-order valence-electron chi connectivity index (χ1n) is 10.8. The summed E-state index contributed by atoms with van der Waals surface area (Å²) in [6.07, 6.45) is 11.6. The molecule has 0 saturated carbocycles. The lowest BCUT2D eigenvalue weighted by Gasteiger charge is -2.18. The van der Waals surface area contributed by atoms with Gasteiger partial charge in [-0.3, -0.25) is 14.1 Å². The van der Waals surface area contributed by atoms with Crippen molar-refractivity contribution in [2.45, 2.75) is 103 Å². The number of carbonyl (C=O) groups is 2. The fourth-order valence-electron chi connectivity index (χ4n) is 2.76. The monoisotopic (exact) mass is 438 g/mol. The third-order valence-corrected chi connectivity index (χ3v) is 4.83. The van der Waals surface area contributed by atoms with Crippen molar-refractivity contribution in [2.24, 2.45) is 0 Å². The van der Waals surface area contributed by atoms with Crippen LogP contribution < -0.4 is 0 Å². The maximum absolute atomic E-state index is 11.8. The summed E-state index contributed by atoms with van der Waals surface area (Å²) in [5.41, 5.74) is 0. The molecule has 0 aliphatic rings. The number of rotatable bonds is 19. The van der Waals surface area contributed by atoms with Crippen LogP contribution in [0.2, 0.25) is 0 Å². The molecule has 0 spiro atoms. The molecule has 0 bridgehead atoms. The average Bonchev–Trinajstić information content (AvgIpc) is 2.65. The molecule has 2 N–H and O–H groups in total. The van der Waals surface area contributed by atoms with Crippen molar-refractivity contribution in [3.63, 3.8) is 0 Å². The molecule has 0 aromatic carbocycles. The largest absolute Gasteiger partial charge is 0.469 e. The van der Waals surface area contributed by atoms with Gasteiger partial charge in [0.1, 0.15) is 6.61 Å². The predicted molar refractivity (Wildman–Crippen MR) is 110 cm³/mol. The Hall–Kier alpha value is -0.950. The first kappa shape index (κ1) is 28.1. The van der Waals surface area contributed by atoms with Gasteiger partial charge in [0.25, 0.3) is 0 Å². The zero-order valence-corrected chi connectivity index (χ0v) is 18.9. The third-order valence-electron chi connectivity index (χ3n) is 4.35. The molecular weight excluding hydrogens is 399 g/mol. The number of carbonyl (C=O) groups excluding carboxylic acids is 2. The molecule has 172 valence electrons. The van der Waals surface area contributed by atoms with Crippen molar-refractivity contribution in [1.29, 1.82) is 0 Å².